The van der Waals surface area contributed by atoms with E-state index in [1.165, 1.54) is 5.41 Å². The zero-order valence-corrected chi connectivity index (χ0v) is 9.18. The lowest BCUT2D eigenvalue weighted by molar-refractivity contribution is 0.502. The van der Waals surface area contributed by atoms with Gasteiger partial charge in [-0.25, -0.2) is 8.42 Å². The molecule has 13 heavy (non-hydrogen) atoms. The number of hydrogen-bond acceptors (Lipinski definition) is 2. The zero-order chi connectivity index (χ0) is 9.90. The molecule has 1 rings (SSSR count). The fourth-order valence-electron chi connectivity index (χ4n) is 1.96. The molecule has 1 heterocycles. The number of hydrogen-bond donors (Lipinski definition) is 0. The van der Waals surface area contributed by atoms with Gasteiger partial charge in [0.1, 0.15) is 0 Å². The van der Waals surface area contributed by atoms with Gasteiger partial charge < -0.3 is 0 Å². The van der Waals surface area contributed by atoms with Gasteiger partial charge in [0.15, 0.2) is 9.84 Å². The van der Waals surface area contributed by atoms with E-state index in [9.17, 15) is 8.42 Å². The lowest BCUT2D eigenvalue weighted by Crippen LogP contribution is -2.22. The van der Waals surface area contributed by atoms with Gasteiger partial charge in [0, 0.05) is 5.41 Å². The highest BCUT2D eigenvalue weighted by molar-refractivity contribution is 7.95. The summed E-state index contributed by atoms with van der Waals surface area (Å²) >= 11 is 0. The topological polar surface area (TPSA) is 34.1 Å². The third kappa shape index (κ3) is 2.33. The average Bonchev–Trinajstić information content (AvgIpc) is 2.33. The molecule has 76 valence electrons. The quantitative estimate of drug-likeness (QED) is 0.702. The molecule has 0 fully saturated rings. The Morgan fingerprint density at radius 3 is 2.31 bits per heavy atom. The summed E-state index contributed by atoms with van der Waals surface area (Å²) in [6.45, 7) is 4.14. The molecule has 0 aliphatic carbocycles. The summed E-state index contributed by atoms with van der Waals surface area (Å²) in [4.78, 5) is 0. The van der Waals surface area contributed by atoms with Crippen molar-refractivity contribution >= 4 is 9.84 Å². The minimum Gasteiger partial charge on any atom is -0.224 e. The van der Waals surface area contributed by atoms with Gasteiger partial charge in [-0.05, 0) is 18.8 Å². The van der Waals surface area contributed by atoms with Crippen LogP contribution < -0.4 is 0 Å². The summed E-state index contributed by atoms with van der Waals surface area (Å²) in [6.07, 6.45) is 5.69. The van der Waals surface area contributed by atoms with Crippen molar-refractivity contribution in [2.75, 3.05) is 0 Å². The van der Waals surface area contributed by atoms with Crippen LogP contribution in [-0.4, -0.2) is 13.7 Å². The average molecular weight is 202 g/mol. The van der Waals surface area contributed by atoms with Crippen LogP contribution in [0.3, 0.4) is 0 Å². The van der Waals surface area contributed by atoms with Gasteiger partial charge in [-0.2, -0.15) is 0 Å². The van der Waals surface area contributed by atoms with Crippen LogP contribution in [0, 0.1) is 5.92 Å². The van der Waals surface area contributed by atoms with E-state index in [1.807, 2.05) is 13.0 Å². The molecule has 2 unspecified atom stereocenters. The molecule has 0 aromatic heterocycles. The van der Waals surface area contributed by atoms with Crippen molar-refractivity contribution in [3.8, 4) is 0 Å². The van der Waals surface area contributed by atoms with Gasteiger partial charge in [0.05, 0.1) is 5.25 Å². The molecule has 1 aliphatic rings. The minimum absolute atomic E-state index is 0.127. The predicted molar refractivity (Wildman–Crippen MR) is 55.2 cm³/mol. The van der Waals surface area contributed by atoms with E-state index in [0.717, 1.165) is 25.7 Å². The molecular weight excluding hydrogens is 184 g/mol. The number of sulfone groups is 1. The van der Waals surface area contributed by atoms with Gasteiger partial charge in [-0.3, -0.25) is 0 Å². The molecule has 2 nitrogen and oxygen atoms in total. The van der Waals surface area contributed by atoms with Crippen LogP contribution in [0.5, 0.6) is 0 Å². The van der Waals surface area contributed by atoms with E-state index >= 15 is 0 Å². The fourth-order valence-corrected chi connectivity index (χ4v) is 3.86. The van der Waals surface area contributed by atoms with Crippen molar-refractivity contribution in [3.05, 3.63) is 11.5 Å². The molecule has 0 saturated carbocycles. The Kier molecular flexibility index (Phi) is 3.54. The van der Waals surface area contributed by atoms with Gasteiger partial charge in [-0.1, -0.05) is 32.8 Å². The van der Waals surface area contributed by atoms with Crippen LogP contribution in [0.25, 0.3) is 0 Å². The predicted octanol–water partition coefficient (Wildman–Crippen LogP) is 2.51. The minimum atomic E-state index is -2.90. The summed E-state index contributed by atoms with van der Waals surface area (Å²) in [7, 11) is -2.90. The first-order chi connectivity index (χ1) is 6.11. The Balaban J connectivity index is 2.73. The molecule has 3 heteroatoms. The molecule has 1 aliphatic heterocycles. The summed E-state index contributed by atoms with van der Waals surface area (Å²) in [5.41, 5.74) is 0. The van der Waals surface area contributed by atoms with E-state index < -0.39 is 9.84 Å². The maximum Gasteiger partial charge on any atom is 0.174 e. The van der Waals surface area contributed by atoms with Crippen molar-refractivity contribution in [1.82, 2.24) is 0 Å². The first-order valence-corrected chi connectivity index (χ1v) is 6.64. The smallest absolute Gasteiger partial charge is 0.174 e. The van der Waals surface area contributed by atoms with E-state index in [0.29, 0.717) is 0 Å². The Labute approximate surface area is 81.0 Å². The lowest BCUT2D eigenvalue weighted by atomic mass is 9.97. The Morgan fingerprint density at radius 2 is 1.77 bits per heavy atom. The summed E-state index contributed by atoms with van der Waals surface area (Å²) in [5, 5.41) is 1.28. The lowest BCUT2D eigenvalue weighted by Gasteiger charge is -2.16. The normalized spacial score (nSPS) is 30.9. The second-order valence-corrected chi connectivity index (χ2v) is 5.75. The molecule has 0 amide bonds. The molecule has 0 N–H and O–H groups in total. The first-order valence-electron chi connectivity index (χ1n) is 5.04. The number of rotatable bonds is 4. The second kappa shape index (κ2) is 4.27. The summed E-state index contributed by atoms with van der Waals surface area (Å²) < 4.78 is 23.1. The third-order valence-electron chi connectivity index (χ3n) is 2.61. The molecule has 2 atom stereocenters. The van der Waals surface area contributed by atoms with Crippen LogP contribution >= 0.6 is 0 Å². The summed E-state index contributed by atoms with van der Waals surface area (Å²) in [6, 6.07) is 0. The molecule has 0 radical (unpaired) electrons. The number of allylic oxidation sites excluding steroid dienone is 1. The van der Waals surface area contributed by atoms with E-state index in [-0.39, 0.29) is 11.2 Å². The van der Waals surface area contributed by atoms with Crippen LogP contribution in [0.15, 0.2) is 11.5 Å². The van der Waals surface area contributed by atoms with Crippen LogP contribution in [0.2, 0.25) is 0 Å². The molecule has 0 spiro atoms. The maximum atomic E-state index is 11.6. The highest BCUT2D eigenvalue weighted by Crippen LogP contribution is 2.30. The Morgan fingerprint density at radius 1 is 1.15 bits per heavy atom. The highest BCUT2D eigenvalue weighted by atomic mass is 32.2. The van der Waals surface area contributed by atoms with Crippen molar-refractivity contribution in [3.63, 3.8) is 0 Å². The first kappa shape index (κ1) is 10.8. The monoisotopic (exact) mass is 202 g/mol. The largest absolute Gasteiger partial charge is 0.224 e. The van der Waals surface area contributed by atoms with Gasteiger partial charge in [-0.15, -0.1) is 0 Å². The van der Waals surface area contributed by atoms with E-state index in [4.69, 9.17) is 0 Å². The molecular formula is C10H18O2S. The SMILES string of the molecule is CCCC1C=CS(=O)(=O)C1CCC. The maximum absolute atomic E-state index is 11.6. The van der Waals surface area contributed by atoms with E-state index in [1.54, 1.807) is 0 Å². The van der Waals surface area contributed by atoms with Crippen molar-refractivity contribution in [2.45, 2.75) is 44.8 Å². The Bertz CT molecular complexity index is 277. The zero-order valence-electron chi connectivity index (χ0n) is 8.36. The third-order valence-corrected chi connectivity index (χ3v) is 4.58. The Hall–Kier alpha value is -0.310. The van der Waals surface area contributed by atoms with Gasteiger partial charge >= 0.3 is 0 Å². The van der Waals surface area contributed by atoms with Crippen molar-refractivity contribution in [2.24, 2.45) is 5.92 Å². The molecule has 0 aromatic rings. The van der Waals surface area contributed by atoms with Crippen LogP contribution in [0.4, 0.5) is 0 Å². The molecule has 0 saturated heterocycles. The molecule has 0 aromatic carbocycles. The van der Waals surface area contributed by atoms with Gasteiger partial charge in [0.2, 0.25) is 0 Å². The van der Waals surface area contributed by atoms with Crippen LogP contribution in [0.1, 0.15) is 39.5 Å². The van der Waals surface area contributed by atoms with Crippen molar-refractivity contribution < 1.29 is 8.42 Å². The van der Waals surface area contributed by atoms with Crippen molar-refractivity contribution in [1.29, 1.82) is 0 Å². The standard InChI is InChI=1S/C10H18O2S/c1-3-5-9-7-8-13(11,12)10(9)6-4-2/h7-10H,3-6H2,1-2H3. The molecule has 0 bridgehead atoms. The van der Waals surface area contributed by atoms with E-state index in [2.05, 4.69) is 6.92 Å². The van der Waals surface area contributed by atoms with Crippen LogP contribution in [-0.2, 0) is 9.84 Å². The highest BCUT2D eigenvalue weighted by Gasteiger charge is 2.33. The second-order valence-electron chi connectivity index (χ2n) is 3.70. The fraction of sp³-hybridized carbons (Fsp3) is 0.800. The van der Waals surface area contributed by atoms with Gasteiger partial charge in [0.25, 0.3) is 0 Å². The summed E-state index contributed by atoms with van der Waals surface area (Å²) in [5.74, 6) is 0.273.